The molecule has 4 nitrogen and oxygen atoms in total. The maximum Gasteiger partial charge on any atom is 0.0564 e. The molecule has 0 bridgehead atoms. The first-order valence-electron chi connectivity index (χ1n) is 6.24. The molecular formula is C13H22N4. The van der Waals surface area contributed by atoms with Crippen molar-refractivity contribution >= 4 is 5.69 Å². The smallest absolute Gasteiger partial charge is 0.0564 e. The lowest BCUT2D eigenvalue weighted by atomic mass is 10.0. The summed E-state index contributed by atoms with van der Waals surface area (Å²) in [5.41, 5.74) is 7.64. The highest BCUT2D eigenvalue weighted by molar-refractivity contribution is 5.37. The van der Waals surface area contributed by atoms with Crippen LogP contribution in [0.4, 0.5) is 5.69 Å². The molecule has 1 aromatic rings. The van der Waals surface area contributed by atoms with E-state index in [4.69, 9.17) is 5.73 Å². The maximum atomic E-state index is 5.76. The van der Waals surface area contributed by atoms with Gasteiger partial charge in [-0.1, -0.05) is 0 Å². The van der Waals surface area contributed by atoms with Gasteiger partial charge in [0.15, 0.2) is 0 Å². The Morgan fingerprint density at radius 2 is 2.12 bits per heavy atom. The van der Waals surface area contributed by atoms with Gasteiger partial charge in [-0.15, -0.1) is 0 Å². The van der Waals surface area contributed by atoms with Crippen LogP contribution in [0.3, 0.4) is 0 Å². The van der Waals surface area contributed by atoms with Crippen LogP contribution in [0.2, 0.25) is 0 Å². The van der Waals surface area contributed by atoms with Gasteiger partial charge in [0.1, 0.15) is 0 Å². The summed E-state index contributed by atoms with van der Waals surface area (Å²) in [7, 11) is 4.33. The number of likely N-dealkylation sites (tertiary alicyclic amines) is 1. The van der Waals surface area contributed by atoms with E-state index in [0.29, 0.717) is 0 Å². The largest absolute Gasteiger partial charge is 0.399 e. The van der Waals surface area contributed by atoms with Gasteiger partial charge in [-0.3, -0.25) is 9.88 Å². The second kappa shape index (κ2) is 5.47. The lowest BCUT2D eigenvalue weighted by molar-refractivity contribution is 0.139. The molecular weight excluding hydrogens is 212 g/mol. The Morgan fingerprint density at radius 1 is 1.41 bits per heavy atom. The first-order chi connectivity index (χ1) is 8.15. The SMILES string of the molecule is CN(C)C1CCN(Cc2cc(N)ccn2)CC1. The zero-order valence-electron chi connectivity index (χ0n) is 10.8. The Bertz CT molecular complexity index is 356. The van der Waals surface area contributed by atoms with E-state index in [2.05, 4.69) is 28.9 Å². The summed E-state index contributed by atoms with van der Waals surface area (Å²) in [6.07, 6.45) is 4.28. The fourth-order valence-electron chi connectivity index (χ4n) is 2.41. The zero-order chi connectivity index (χ0) is 12.3. The predicted molar refractivity (Wildman–Crippen MR) is 70.6 cm³/mol. The van der Waals surface area contributed by atoms with E-state index in [0.717, 1.165) is 37.1 Å². The number of nitrogen functional groups attached to an aromatic ring is 1. The van der Waals surface area contributed by atoms with E-state index in [1.54, 1.807) is 6.20 Å². The van der Waals surface area contributed by atoms with Crippen LogP contribution < -0.4 is 5.73 Å². The van der Waals surface area contributed by atoms with Crippen LogP contribution >= 0.6 is 0 Å². The van der Waals surface area contributed by atoms with E-state index in [1.807, 2.05) is 12.1 Å². The average molecular weight is 234 g/mol. The van der Waals surface area contributed by atoms with E-state index < -0.39 is 0 Å². The van der Waals surface area contributed by atoms with Crippen molar-refractivity contribution in [3.05, 3.63) is 24.0 Å². The second-order valence-electron chi connectivity index (χ2n) is 5.05. The number of aromatic nitrogens is 1. The normalized spacial score (nSPS) is 18.8. The molecule has 0 atom stereocenters. The second-order valence-corrected chi connectivity index (χ2v) is 5.05. The molecule has 1 saturated heterocycles. The van der Waals surface area contributed by atoms with Gasteiger partial charge in [-0.2, -0.15) is 0 Å². The van der Waals surface area contributed by atoms with Gasteiger partial charge < -0.3 is 10.6 Å². The Morgan fingerprint density at radius 3 is 2.71 bits per heavy atom. The van der Waals surface area contributed by atoms with Crippen LogP contribution in [0, 0.1) is 0 Å². The summed E-state index contributed by atoms with van der Waals surface area (Å²) in [4.78, 5) is 9.15. The highest BCUT2D eigenvalue weighted by atomic mass is 15.2. The number of anilines is 1. The minimum absolute atomic E-state index is 0.736. The van der Waals surface area contributed by atoms with Crippen molar-refractivity contribution in [1.82, 2.24) is 14.8 Å². The third kappa shape index (κ3) is 3.41. The molecule has 17 heavy (non-hydrogen) atoms. The number of nitrogens with two attached hydrogens (primary N) is 1. The van der Waals surface area contributed by atoms with Gasteiger partial charge in [-0.25, -0.2) is 0 Å². The van der Waals surface area contributed by atoms with Gasteiger partial charge in [0.05, 0.1) is 5.69 Å². The lowest BCUT2D eigenvalue weighted by Gasteiger charge is -2.34. The molecule has 0 aromatic carbocycles. The monoisotopic (exact) mass is 234 g/mol. The Balaban J connectivity index is 1.86. The van der Waals surface area contributed by atoms with E-state index in [-0.39, 0.29) is 0 Å². The van der Waals surface area contributed by atoms with Gasteiger partial charge in [0.2, 0.25) is 0 Å². The molecule has 2 rings (SSSR count). The average Bonchev–Trinajstić information content (AvgIpc) is 2.29. The standard InChI is InChI=1S/C13H22N4/c1-16(2)13-4-7-17(8-5-13)10-12-9-11(14)3-6-15-12/h3,6,9,13H,4-5,7-8,10H2,1-2H3,(H2,14,15). The number of nitrogens with zero attached hydrogens (tertiary/aromatic N) is 3. The van der Waals surface area contributed by atoms with Crippen LogP contribution in [0.1, 0.15) is 18.5 Å². The molecule has 0 amide bonds. The van der Waals surface area contributed by atoms with Crippen molar-refractivity contribution in [3.8, 4) is 0 Å². The van der Waals surface area contributed by atoms with Crippen LogP contribution in [-0.2, 0) is 6.54 Å². The number of pyridine rings is 1. The highest BCUT2D eigenvalue weighted by Gasteiger charge is 2.20. The van der Waals surface area contributed by atoms with Crippen LogP contribution in [-0.4, -0.2) is 48.0 Å². The highest BCUT2D eigenvalue weighted by Crippen LogP contribution is 2.16. The van der Waals surface area contributed by atoms with Gasteiger partial charge in [0, 0.05) is 37.6 Å². The summed E-state index contributed by atoms with van der Waals surface area (Å²) in [5, 5.41) is 0. The van der Waals surface area contributed by atoms with E-state index in [9.17, 15) is 0 Å². The molecule has 0 spiro atoms. The molecule has 0 unspecified atom stereocenters. The molecule has 1 aromatic heterocycles. The van der Waals surface area contributed by atoms with Crippen molar-refractivity contribution in [1.29, 1.82) is 0 Å². The quantitative estimate of drug-likeness (QED) is 0.853. The minimum atomic E-state index is 0.736. The summed E-state index contributed by atoms with van der Waals surface area (Å²) in [6, 6.07) is 4.54. The zero-order valence-corrected chi connectivity index (χ0v) is 10.8. The Labute approximate surface area is 103 Å². The summed E-state index contributed by atoms with van der Waals surface area (Å²) in [6.45, 7) is 3.23. The minimum Gasteiger partial charge on any atom is -0.399 e. The van der Waals surface area contributed by atoms with Gasteiger partial charge in [-0.05, 0) is 39.1 Å². The van der Waals surface area contributed by atoms with Crippen LogP contribution in [0.25, 0.3) is 0 Å². The summed E-state index contributed by atoms with van der Waals surface area (Å²) >= 11 is 0. The first-order valence-corrected chi connectivity index (χ1v) is 6.24. The van der Waals surface area contributed by atoms with Crippen LogP contribution in [0.15, 0.2) is 18.3 Å². The van der Waals surface area contributed by atoms with E-state index in [1.165, 1.54) is 12.8 Å². The third-order valence-corrected chi connectivity index (χ3v) is 3.51. The van der Waals surface area contributed by atoms with Crippen molar-refractivity contribution < 1.29 is 0 Å². The lowest BCUT2D eigenvalue weighted by Crippen LogP contribution is -2.41. The van der Waals surface area contributed by atoms with Gasteiger partial charge >= 0.3 is 0 Å². The predicted octanol–water partition coefficient (Wildman–Crippen LogP) is 1.19. The molecule has 1 fully saturated rings. The number of rotatable bonds is 3. The van der Waals surface area contributed by atoms with Crippen LogP contribution in [0.5, 0.6) is 0 Å². The van der Waals surface area contributed by atoms with Crippen molar-refractivity contribution in [2.45, 2.75) is 25.4 Å². The molecule has 2 N–H and O–H groups in total. The first kappa shape index (κ1) is 12.3. The summed E-state index contributed by atoms with van der Waals surface area (Å²) < 4.78 is 0. The molecule has 1 aliphatic rings. The Kier molecular flexibility index (Phi) is 3.97. The Hall–Kier alpha value is -1.13. The molecule has 2 heterocycles. The number of hydrogen-bond donors (Lipinski definition) is 1. The molecule has 1 aliphatic heterocycles. The molecule has 0 saturated carbocycles. The third-order valence-electron chi connectivity index (χ3n) is 3.51. The van der Waals surface area contributed by atoms with Crippen molar-refractivity contribution in [2.24, 2.45) is 0 Å². The van der Waals surface area contributed by atoms with Crippen molar-refractivity contribution in [2.75, 3.05) is 32.9 Å². The fraction of sp³-hybridized carbons (Fsp3) is 0.615. The van der Waals surface area contributed by atoms with Gasteiger partial charge in [0.25, 0.3) is 0 Å². The van der Waals surface area contributed by atoms with E-state index >= 15 is 0 Å². The summed E-state index contributed by atoms with van der Waals surface area (Å²) in [5.74, 6) is 0. The fourth-order valence-corrected chi connectivity index (χ4v) is 2.41. The molecule has 0 aliphatic carbocycles. The maximum absolute atomic E-state index is 5.76. The number of piperidine rings is 1. The molecule has 4 heteroatoms. The molecule has 94 valence electrons. The van der Waals surface area contributed by atoms with Crippen molar-refractivity contribution in [3.63, 3.8) is 0 Å². The number of hydrogen-bond acceptors (Lipinski definition) is 4. The molecule has 0 radical (unpaired) electrons. The topological polar surface area (TPSA) is 45.4 Å².